The monoisotopic (exact) mass is 250 g/mol. The maximum atomic E-state index is 11.2. The van der Waals surface area contributed by atoms with Crippen molar-refractivity contribution in [3.63, 3.8) is 0 Å². The number of carboxylic acids is 1. The molecule has 1 atom stereocenters. The minimum atomic E-state index is -0.814. The zero-order valence-electron chi connectivity index (χ0n) is 9.68. The maximum absolute atomic E-state index is 11.2. The van der Waals surface area contributed by atoms with Crippen molar-refractivity contribution in [2.24, 2.45) is 5.92 Å². The predicted molar refractivity (Wildman–Crippen MR) is 67.1 cm³/mol. The van der Waals surface area contributed by atoms with Gasteiger partial charge in [-0.3, -0.25) is 4.79 Å². The summed E-state index contributed by atoms with van der Waals surface area (Å²) in [6.07, 6.45) is 3.68. The van der Waals surface area contributed by atoms with E-state index >= 15 is 0 Å². The van der Waals surface area contributed by atoms with Crippen LogP contribution < -0.4 is 0 Å². The molecule has 0 amide bonds. The van der Waals surface area contributed by atoms with Crippen LogP contribution >= 0.6 is 11.3 Å². The molecule has 17 heavy (non-hydrogen) atoms. The van der Waals surface area contributed by atoms with E-state index in [1.807, 2.05) is 37.7 Å². The second-order valence-electron chi connectivity index (χ2n) is 4.24. The minimum Gasteiger partial charge on any atom is -0.481 e. The molecule has 2 heterocycles. The number of rotatable bonds is 4. The van der Waals surface area contributed by atoms with Gasteiger partial charge in [0.1, 0.15) is 10.9 Å². The molecule has 0 saturated heterocycles. The number of carboxylic acid groups (broad SMARTS) is 1. The lowest BCUT2D eigenvalue weighted by molar-refractivity contribution is -0.139. The number of carbonyl (C=O) groups is 1. The van der Waals surface area contributed by atoms with Gasteiger partial charge in [-0.15, -0.1) is 11.3 Å². The first kappa shape index (κ1) is 11.9. The number of aromatic amines is 1. The van der Waals surface area contributed by atoms with E-state index in [-0.39, 0.29) is 5.92 Å². The van der Waals surface area contributed by atoms with Crippen molar-refractivity contribution in [2.75, 3.05) is 0 Å². The second kappa shape index (κ2) is 4.71. The number of hydrogen-bond acceptors (Lipinski definition) is 3. The van der Waals surface area contributed by atoms with E-state index in [2.05, 4.69) is 9.97 Å². The highest BCUT2D eigenvalue weighted by Gasteiger charge is 2.26. The Balaban J connectivity index is 2.31. The average molecular weight is 250 g/mol. The molecule has 0 fully saturated rings. The third-order valence-corrected chi connectivity index (χ3v) is 3.53. The summed E-state index contributed by atoms with van der Waals surface area (Å²) in [4.78, 5) is 18.6. The third-order valence-electron chi connectivity index (χ3n) is 2.62. The van der Waals surface area contributed by atoms with Gasteiger partial charge in [-0.25, -0.2) is 4.98 Å². The first-order chi connectivity index (χ1) is 8.09. The van der Waals surface area contributed by atoms with E-state index < -0.39 is 11.9 Å². The lowest BCUT2D eigenvalue weighted by Crippen LogP contribution is -2.17. The van der Waals surface area contributed by atoms with Crippen LogP contribution in [-0.4, -0.2) is 21.0 Å². The molecule has 0 saturated carbocycles. The lowest BCUT2D eigenvalue weighted by Gasteiger charge is -2.13. The first-order valence-corrected chi connectivity index (χ1v) is 6.29. The number of H-pyrrole nitrogens is 1. The molecule has 0 spiro atoms. The van der Waals surface area contributed by atoms with E-state index in [9.17, 15) is 9.90 Å². The molecule has 90 valence electrons. The van der Waals surface area contributed by atoms with Crippen LogP contribution in [0.3, 0.4) is 0 Å². The van der Waals surface area contributed by atoms with Crippen LogP contribution in [0.15, 0.2) is 23.8 Å². The number of aliphatic carboxylic acids is 1. The Morgan fingerprint density at radius 2 is 2.29 bits per heavy atom. The molecule has 0 aromatic carbocycles. The van der Waals surface area contributed by atoms with Crippen molar-refractivity contribution < 1.29 is 9.90 Å². The maximum Gasteiger partial charge on any atom is 0.312 e. The topological polar surface area (TPSA) is 66.0 Å². The van der Waals surface area contributed by atoms with Gasteiger partial charge in [-0.05, 0) is 12.0 Å². The van der Waals surface area contributed by atoms with Gasteiger partial charge in [-0.1, -0.05) is 13.8 Å². The number of hydrogen-bond donors (Lipinski definition) is 2. The number of nitrogens with zero attached hydrogens (tertiary/aromatic N) is 1. The zero-order valence-corrected chi connectivity index (χ0v) is 10.5. The molecule has 4 nitrogen and oxygen atoms in total. The molecule has 1 unspecified atom stereocenters. The van der Waals surface area contributed by atoms with Crippen molar-refractivity contribution in [1.29, 1.82) is 0 Å². The zero-order chi connectivity index (χ0) is 12.4. The fourth-order valence-corrected chi connectivity index (χ4v) is 2.62. The number of thiazole rings is 1. The van der Waals surface area contributed by atoms with Crippen LogP contribution in [0.25, 0.3) is 10.6 Å². The molecule has 5 heteroatoms. The summed E-state index contributed by atoms with van der Waals surface area (Å²) < 4.78 is 0. The standard InChI is InChI=1S/C12H14N2O2S/c1-7(2)10(12(15)16)9-6-17-11(14-9)8-3-4-13-5-8/h3-7,10,13H,1-2H3,(H,15,16). The third kappa shape index (κ3) is 2.39. The van der Waals surface area contributed by atoms with Crippen LogP contribution in [0, 0.1) is 5.92 Å². The van der Waals surface area contributed by atoms with Crippen molar-refractivity contribution in [3.8, 4) is 10.6 Å². The number of aromatic nitrogens is 2. The molecular formula is C12H14N2O2S. The summed E-state index contributed by atoms with van der Waals surface area (Å²) in [7, 11) is 0. The molecule has 2 rings (SSSR count). The summed E-state index contributed by atoms with van der Waals surface area (Å²) in [5.41, 5.74) is 1.64. The van der Waals surface area contributed by atoms with Crippen molar-refractivity contribution in [1.82, 2.24) is 9.97 Å². The molecule has 0 aliphatic carbocycles. The summed E-state index contributed by atoms with van der Waals surface area (Å²) >= 11 is 1.48. The SMILES string of the molecule is CC(C)C(C(=O)O)c1csc(-c2cc[nH]c2)n1. The van der Waals surface area contributed by atoms with E-state index in [0.717, 1.165) is 10.6 Å². The van der Waals surface area contributed by atoms with Gasteiger partial charge in [0.15, 0.2) is 0 Å². The van der Waals surface area contributed by atoms with Crippen LogP contribution in [-0.2, 0) is 4.79 Å². The second-order valence-corrected chi connectivity index (χ2v) is 5.10. The largest absolute Gasteiger partial charge is 0.481 e. The van der Waals surface area contributed by atoms with Crippen molar-refractivity contribution >= 4 is 17.3 Å². The van der Waals surface area contributed by atoms with Gasteiger partial charge in [0.05, 0.1) is 5.69 Å². The molecule has 0 aliphatic rings. The van der Waals surface area contributed by atoms with Gasteiger partial charge in [0.2, 0.25) is 0 Å². The van der Waals surface area contributed by atoms with E-state index in [1.165, 1.54) is 11.3 Å². The fraction of sp³-hybridized carbons (Fsp3) is 0.333. The van der Waals surface area contributed by atoms with Crippen molar-refractivity contribution in [2.45, 2.75) is 19.8 Å². The Hall–Kier alpha value is -1.62. The Kier molecular flexibility index (Phi) is 3.28. The van der Waals surface area contributed by atoms with E-state index in [4.69, 9.17) is 0 Å². The van der Waals surface area contributed by atoms with Crippen LogP contribution in [0.1, 0.15) is 25.5 Å². The Bertz CT molecular complexity index is 502. The molecule has 2 aromatic heterocycles. The molecule has 2 N–H and O–H groups in total. The molecular weight excluding hydrogens is 236 g/mol. The summed E-state index contributed by atoms with van der Waals surface area (Å²) in [6.45, 7) is 3.79. The quantitative estimate of drug-likeness (QED) is 0.876. The smallest absolute Gasteiger partial charge is 0.312 e. The molecule has 0 radical (unpaired) electrons. The van der Waals surface area contributed by atoms with Crippen LogP contribution in [0.4, 0.5) is 0 Å². The highest BCUT2D eigenvalue weighted by molar-refractivity contribution is 7.13. The molecule has 0 bridgehead atoms. The van der Waals surface area contributed by atoms with Crippen LogP contribution in [0.5, 0.6) is 0 Å². The first-order valence-electron chi connectivity index (χ1n) is 5.41. The highest BCUT2D eigenvalue weighted by atomic mass is 32.1. The van der Waals surface area contributed by atoms with Gasteiger partial charge in [0.25, 0.3) is 0 Å². The Morgan fingerprint density at radius 3 is 2.82 bits per heavy atom. The van der Waals surface area contributed by atoms with Crippen molar-refractivity contribution in [3.05, 3.63) is 29.5 Å². The summed E-state index contributed by atoms with van der Waals surface area (Å²) in [6, 6.07) is 1.92. The van der Waals surface area contributed by atoms with Crippen LogP contribution in [0.2, 0.25) is 0 Å². The summed E-state index contributed by atoms with van der Waals surface area (Å²) in [5, 5.41) is 11.9. The van der Waals surface area contributed by atoms with Gasteiger partial charge in [0, 0.05) is 23.3 Å². The van der Waals surface area contributed by atoms with Gasteiger partial charge >= 0.3 is 5.97 Å². The average Bonchev–Trinajstić information content (AvgIpc) is 2.83. The highest BCUT2D eigenvalue weighted by Crippen LogP contribution is 2.30. The fourth-order valence-electron chi connectivity index (χ4n) is 1.77. The molecule has 2 aromatic rings. The van der Waals surface area contributed by atoms with E-state index in [0.29, 0.717) is 5.69 Å². The van der Waals surface area contributed by atoms with E-state index in [1.54, 1.807) is 0 Å². The normalized spacial score (nSPS) is 12.9. The predicted octanol–water partition coefficient (Wildman–Crippen LogP) is 2.96. The Labute approximate surface area is 103 Å². The van der Waals surface area contributed by atoms with Gasteiger partial charge in [-0.2, -0.15) is 0 Å². The molecule has 0 aliphatic heterocycles. The lowest BCUT2D eigenvalue weighted by atomic mass is 9.93. The minimum absolute atomic E-state index is 0.0358. The van der Waals surface area contributed by atoms with Gasteiger partial charge < -0.3 is 10.1 Å². The summed E-state index contributed by atoms with van der Waals surface area (Å²) in [5.74, 6) is -1.31. The number of nitrogens with one attached hydrogen (secondary N) is 1. The Morgan fingerprint density at radius 1 is 1.53 bits per heavy atom.